The molecular formula is C38H43N3O5S. The first kappa shape index (κ1) is 33.7. The lowest BCUT2D eigenvalue weighted by Gasteiger charge is -2.34. The molecule has 4 aromatic carbocycles. The van der Waals surface area contributed by atoms with Gasteiger partial charge in [0.25, 0.3) is 10.0 Å². The number of amides is 2. The van der Waals surface area contributed by atoms with Crippen LogP contribution in [-0.2, 0) is 32.6 Å². The van der Waals surface area contributed by atoms with Gasteiger partial charge in [-0.15, -0.1) is 0 Å². The third-order valence-electron chi connectivity index (χ3n) is 8.65. The van der Waals surface area contributed by atoms with Crippen LogP contribution in [0.5, 0.6) is 5.75 Å². The Balaban J connectivity index is 1.59. The van der Waals surface area contributed by atoms with E-state index in [9.17, 15) is 18.0 Å². The van der Waals surface area contributed by atoms with Gasteiger partial charge >= 0.3 is 0 Å². The quantitative estimate of drug-likeness (QED) is 0.185. The number of hydrogen-bond donors (Lipinski definition) is 1. The normalized spacial score (nSPS) is 13.9. The molecule has 0 heterocycles. The second-order valence-corrected chi connectivity index (χ2v) is 14.1. The minimum Gasteiger partial charge on any atom is -0.495 e. The predicted octanol–water partition coefficient (Wildman–Crippen LogP) is 6.21. The fourth-order valence-corrected chi connectivity index (χ4v) is 7.54. The van der Waals surface area contributed by atoms with Crippen LogP contribution in [0.2, 0.25) is 0 Å². The highest BCUT2D eigenvalue weighted by molar-refractivity contribution is 7.92. The summed E-state index contributed by atoms with van der Waals surface area (Å²) in [6.45, 7) is 3.44. The standard InChI is InChI=1S/C38H43N3O5S/c1-28-20-22-33(23-21-28)47(44,45)41(34-18-9-10-19-36(34)46-3)27-37(42)40(26-31-15-11-12-29(2)24-31)35(25-30-13-5-4-6-14-30)38(43)39-32-16-7-8-17-32/h4-6,9-15,18-24,32,35H,7-8,16-17,25-27H2,1-3H3,(H,39,43)/t35-/m1/s1. The van der Waals surface area contributed by atoms with Crippen LogP contribution in [0.1, 0.15) is 47.9 Å². The number of sulfonamides is 1. The second-order valence-electron chi connectivity index (χ2n) is 12.2. The Kier molecular flexibility index (Phi) is 11.0. The Bertz CT molecular complexity index is 1770. The Labute approximate surface area is 278 Å². The summed E-state index contributed by atoms with van der Waals surface area (Å²) in [5.74, 6) is -0.441. The van der Waals surface area contributed by atoms with Gasteiger partial charge in [-0.05, 0) is 62.1 Å². The number of benzene rings is 4. The number of rotatable bonds is 13. The molecule has 1 aliphatic carbocycles. The molecule has 9 heteroatoms. The first-order chi connectivity index (χ1) is 22.7. The minimum atomic E-state index is -4.23. The second kappa shape index (κ2) is 15.3. The molecule has 1 aliphatic rings. The predicted molar refractivity (Wildman–Crippen MR) is 185 cm³/mol. The molecular weight excluding hydrogens is 611 g/mol. The summed E-state index contributed by atoms with van der Waals surface area (Å²) in [5.41, 5.74) is 3.90. The van der Waals surface area contributed by atoms with Crippen molar-refractivity contribution in [3.8, 4) is 5.75 Å². The summed E-state index contributed by atoms with van der Waals surface area (Å²) < 4.78 is 35.3. The molecule has 47 heavy (non-hydrogen) atoms. The number of nitrogens with zero attached hydrogens (tertiary/aromatic N) is 2. The number of nitrogens with one attached hydrogen (secondary N) is 1. The zero-order valence-electron chi connectivity index (χ0n) is 27.3. The van der Waals surface area contributed by atoms with Crippen LogP contribution in [0.25, 0.3) is 0 Å². The Morgan fingerprint density at radius 1 is 0.830 bits per heavy atom. The van der Waals surface area contributed by atoms with Gasteiger partial charge in [-0.3, -0.25) is 13.9 Å². The average molecular weight is 654 g/mol. The van der Waals surface area contributed by atoms with Gasteiger partial charge < -0.3 is 15.0 Å². The van der Waals surface area contributed by atoms with Gasteiger partial charge in [-0.2, -0.15) is 0 Å². The molecule has 4 aromatic rings. The van der Waals surface area contributed by atoms with Crippen LogP contribution in [-0.4, -0.2) is 50.9 Å². The summed E-state index contributed by atoms with van der Waals surface area (Å²) >= 11 is 0. The maximum Gasteiger partial charge on any atom is 0.264 e. The van der Waals surface area contributed by atoms with Gasteiger partial charge in [0.15, 0.2) is 0 Å². The number of carbonyl (C=O) groups excluding carboxylic acids is 2. The van der Waals surface area contributed by atoms with E-state index < -0.39 is 28.5 Å². The highest BCUT2D eigenvalue weighted by Crippen LogP contribution is 2.33. The van der Waals surface area contributed by atoms with Crippen molar-refractivity contribution in [2.24, 2.45) is 0 Å². The van der Waals surface area contributed by atoms with Gasteiger partial charge in [-0.25, -0.2) is 8.42 Å². The number of para-hydroxylation sites is 2. The minimum absolute atomic E-state index is 0.0451. The van der Waals surface area contributed by atoms with Crippen LogP contribution in [0.3, 0.4) is 0 Å². The number of anilines is 1. The van der Waals surface area contributed by atoms with E-state index >= 15 is 0 Å². The van der Waals surface area contributed by atoms with Gasteiger partial charge in [0.05, 0.1) is 17.7 Å². The monoisotopic (exact) mass is 653 g/mol. The van der Waals surface area contributed by atoms with Crippen LogP contribution in [0, 0.1) is 13.8 Å². The first-order valence-electron chi connectivity index (χ1n) is 16.1. The molecule has 2 amide bonds. The lowest BCUT2D eigenvalue weighted by Crippen LogP contribution is -2.54. The number of ether oxygens (including phenoxy) is 1. The lowest BCUT2D eigenvalue weighted by molar-refractivity contribution is -0.140. The molecule has 0 aromatic heterocycles. The first-order valence-corrected chi connectivity index (χ1v) is 17.5. The van der Waals surface area contributed by atoms with Crippen LogP contribution < -0.4 is 14.4 Å². The van der Waals surface area contributed by atoms with Crippen molar-refractivity contribution in [1.29, 1.82) is 0 Å². The zero-order valence-corrected chi connectivity index (χ0v) is 28.1. The van der Waals surface area contributed by atoms with E-state index in [2.05, 4.69) is 5.32 Å². The smallest absolute Gasteiger partial charge is 0.264 e. The third kappa shape index (κ3) is 8.40. The van der Waals surface area contributed by atoms with Gasteiger partial charge in [0.2, 0.25) is 11.8 Å². The molecule has 0 saturated heterocycles. The van der Waals surface area contributed by atoms with E-state index in [1.54, 1.807) is 41.3 Å². The molecule has 1 saturated carbocycles. The largest absolute Gasteiger partial charge is 0.495 e. The summed E-state index contributed by atoms with van der Waals surface area (Å²) in [5, 5.41) is 3.21. The van der Waals surface area contributed by atoms with E-state index in [-0.39, 0.29) is 35.5 Å². The van der Waals surface area contributed by atoms with E-state index in [1.807, 2.05) is 68.4 Å². The molecule has 0 unspecified atom stereocenters. The van der Waals surface area contributed by atoms with E-state index in [4.69, 9.17) is 4.74 Å². The lowest BCUT2D eigenvalue weighted by atomic mass is 10.0. The van der Waals surface area contributed by atoms with E-state index in [1.165, 1.54) is 19.2 Å². The van der Waals surface area contributed by atoms with Crippen molar-refractivity contribution in [3.05, 3.63) is 125 Å². The molecule has 0 radical (unpaired) electrons. The molecule has 246 valence electrons. The SMILES string of the molecule is COc1ccccc1N(CC(=O)N(Cc1cccc(C)c1)[C@H](Cc1ccccc1)C(=O)NC1CCCC1)S(=O)(=O)c1ccc(C)cc1. The number of carbonyl (C=O) groups is 2. The van der Waals surface area contributed by atoms with Crippen LogP contribution in [0.15, 0.2) is 108 Å². The zero-order chi connectivity index (χ0) is 33.4. The molecule has 0 aliphatic heterocycles. The van der Waals surface area contributed by atoms with Crippen molar-refractivity contribution in [1.82, 2.24) is 10.2 Å². The Morgan fingerprint density at radius 2 is 1.49 bits per heavy atom. The fourth-order valence-electron chi connectivity index (χ4n) is 6.12. The molecule has 0 spiro atoms. The molecule has 5 rings (SSSR count). The van der Waals surface area contributed by atoms with E-state index in [0.29, 0.717) is 5.75 Å². The topological polar surface area (TPSA) is 96.0 Å². The number of hydrogen-bond acceptors (Lipinski definition) is 5. The van der Waals surface area contributed by atoms with Crippen molar-refractivity contribution in [2.75, 3.05) is 18.0 Å². The maximum atomic E-state index is 14.7. The number of aryl methyl sites for hydroxylation is 2. The molecule has 1 atom stereocenters. The average Bonchev–Trinajstić information content (AvgIpc) is 3.59. The van der Waals surface area contributed by atoms with Gasteiger partial charge in [0.1, 0.15) is 18.3 Å². The van der Waals surface area contributed by atoms with Crippen molar-refractivity contribution in [3.63, 3.8) is 0 Å². The summed E-state index contributed by atoms with van der Waals surface area (Å²) in [6.07, 6.45) is 4.16. The molecule has 0 bridgehead atoms. The van der Waals surface area contributed by atoms with Crippen LogP contribution >= 0.6 is 0 Å². The fraction of sp³-hybridized carbons (Fsp3) is 0.316. The van der Waals surface area contributed by atoms with Crippen molar-refractivity contribution in [2.45, 2.75) is 69.5 Å². The summed E-state index contributed by atoms with van der Waals surface area (Å²) in [6, 6.07) is 29.8. The summed E-state index contributed by atoms with van der Waals surface area (Å²) in [7, 11) is -2.77. The van der Waals surface area contributed by atoms with E-state index in [0.717, 1.165) is 52.2 Å². The van der Waals surface area contributed by atoms with Crippen molar-refractivity contribution >= 4 is 27.5 Å². The molecule has 8 nitrogen and oxygen atoms in total. The van der Waals surface area contributed by atoms with Crippen molar-refractivity contribution < 1.29 is 22.7 Å². The highest BCUT2D eigenvalue weighted by atomic mass is 32.2. The van der Waals surface area contributed by atoms with Gasteiger partial charge in [-0.1, -0.05) is 103 Å². The summed E-state index contributed by atoms with van der Waals surface area (Å²) in [4.78, 5) is 30.5. The van der Waals surface area contributed by atoms with Crippen LogP contribution in [0.4, 0.5) is 5.69 Å². The molecule has 1 fully saturated rings. The van der Waals surface area contributed by atoms with Gasteiger partial charge in [0, 0.05) is 19.0 Å². The Hall–Kier alpha value is -4.63. The third-order valence-corrected chi connectivity index (χ3v) is 10.4. The highest BCUT2D eigenvalue weighted by Gasteiger charge is 2.36. The number of methoxy groups -OCH3 is 1. The molecule has 1 N–H and O–H groups in total. The maximum absolute atomic E-state index is 14.7. The Morgan fingerprint density at radius 3 is 2.17 bits per heavy atom.